The molecule has 1 atom stereocenters. The number of benzene rings is 3. The third kappa shape index (κ3) is 10.9. The van der Waals surface area contributed by atoms with E-state index >= 15 is 0 Å². The van der Waals surface area contributed by atoms with Crippen molar-refractivity contribution in [3.63, 3.8) is 0 Å². The molecule has 62 heavy (non-hydrogen) atoms. The predicted molar refractivity (Wildman–Crippen MR) is 234 cm³/mol. The summed E-state index contributed by atoms with van der Waals surface area (Å²) in [6, 6.07) is 20.1. The standard InChI is InChI=1S/C47H52F3N5O6S/c1-6-59-41(56)27-54-21-18-30(19-22-54)24-29(2)28-60-32-14-15-33(37(25-32)47(48,49)50)34-16-17-40(52-42(34)44(58)61-46(3,4)5)55-23-20-31-10-9-11-35(36(31)26-55)43(57)53-45-51-38-12-7-8-13-39(38)62-45/h7-17,25,29-30H,6,18-24,26-28H2,1-5H3,(H,51,53,57)/t29-/m1/s1. The Morgan fingerprint density at radius 1 is 0.935 bits per heavy atom. The number of carbonyl (C=O) groups excluding carboxylic acids is 3. The molecule has 2 aliphatic rings. The van der Waals surface area contributed by atoms with Gasteiger partial charge in [0.15, 0.2) is 10.8 Å². The predicted octanol–water partition coefficient (Wildman–Crippen LogP) is 9.83. The number of nitrogens with zero attached hydrogens (tertiary/aromatic N) is 4. The average molecular weight is 872 g/mol. The fourth-order valence-electron chi connectivity index (χ4n) is 8.13. The number of halogens is 3. The number of pyridine rings is 1. The van der Waals surface area contributed by atoms with Crippen LogP contribution in [0, 0.1) is 11.8 Å². The van der Waals surface area contributed by atoms with E-state index in [1.807, 2.05) is 48.2 Å². The monoisotopic (exact) mass is 871 g/mol. The number of ether oxygens (including phenoxy) is 3. The maximum Gasteiger partial charge on any atom is 0.417 e. The largest absolute Gasteiger partial charge is 0.493 e. The van der Waals surface area contributed by atoms with Crippen LogP contribution in [0.15, 0.2) is 72.8 Å². The lowest BCUT2D eigenvalue weighted by atomic mass is 9.88. The number of para-hydroxylation sites is 1. The van der Waals surface area contributed by atoms with Gasteiger partial charge in [0.25, 0.3) is 5.91 Å². The van der Waals surface area contributed by atoms with E-state index < -0.39 is 23.3 Å². The van der Waals surface area contributed by atoms with Gasteiger partial charge in [-0.1, -0.05) is 48.6 Å². The van der Waals surface area contributed by atoms with Gasteiger partial charge in [0, 0.05) is 24.2 Å². The summed E-state index contributed by atoms with van der Waals surface area (Å²) in [6.07, 6.45) is -1.55. The highest BCUT2D eigenvalue weighted by Gasteiger charge is 2.36. The van der Waals surface area contributed by atoms with Crippen LogP contribution in [-0.4, -0.2) is 77.7 Å². The molecular weight excluding hydrogens is 820 g/mol. The van der Waals surface area contributed by atoms with E-state index in [4.69, 9.17) is 19.2 Å². The molecule has 4 heterocycles. The molecule has 1 fully saturated rings. The van der Waals surface area contributed by atoms with E-state index in [1.165, 1.54) is 29.5 Å². The first-order valence-corrected chi connectivity index (χ1v) is 21.9. The number of thiazole rings is 1. The molecule has 0 aliphatic carbocycles. The SMILES string of the molecule is CCOC(=O)CN1CCC(C[C@@H](C)COc2ccc(-c3ccc(N4CCc5cccc(C(=O)Nc6nc7ccccc7s6)c5C4)nc3C(=O)OC(C)(C)C)c(C(F)(F)F)c2)CC1. The molecule has 7 rings (SSSR count). The number of aromatic nitrogens is 2. The van der Waals surface area contributed by atoms with Gasteiger partial charge in [-0.3, -0.25) is 19.8 Å². The normalized spacial score (nSPS) is 15.5. The summed E-state index contributed by atoms with van der Waals surface area (Å²) in [7, 11) is 0. The molecule has 5 aromatic rings. The molecule has 15 heteroatoms. The van der Waals surface area contributed by atoms with Crippen LogP contribution < -0.4 is 15.0 Å². The van der Waals surface area contributed by atoms with Crippen LogP contribution in [0.25, 0.3) is 21.3 Å². The van der Waals surface area contributed by atoms with E-state index in [2.05, 4.69) is 15.2 Å². The summed E-state index contributed by atoms with van der Waals surface area (Å²) in [5.41, 5.74) is 0.582. The first kappa shape index (κ1) is 44.5. The molecule has 0 saturated carbocycles. The molecular formula is C47H52F3N5O6S. The van der Waals surface area contributed by atoms with Gasteiger partial charge in [0.05, 0.1) is 35.5 Å². The number of piperidine rings is 1. The first-order valence-electron chi connectivity index (χ1n) is 21.0. The minimum absolute atomic E-state index is 0.0298. The Hall–Kier alpha value is -5.54. The van der Waals surface area contributed by atoms with Crippen molar-refractivity contribution < 1.29 is 41.8 Å². The lowest BCUT2D eigenvalue weighted by molar-refractivity contribution is -0.144. The zero-order chi connectivity index (χ0) is 44.2. The van der Waals surface area contributed by atoms with Crippen molar-refractivity contribution in [3.8, 4) is 16.9 Å². The number of amides is 1. The van der Waals surface area contributed by atoms with E-state index in [0.717, 1.165) is 59.8 Å². The van der Waals surface area contributed by atoms with Crippen LogP contribution in [0.1, 0.15) is 91.4 Å². The van der Waals surface area contributed by atoms with Crippen LogP contribution in [0.2, 0.25) is 0 Å². The van der Waals surface area contributed by atoms with Crippen molar-refractivity contribution in [2.45, 2.75) is 78.6 Å². The Morgan fingerprint density at radius 3 is 2.42 bits per heavy atom. The number of fused-ring (bicyclic) bond motifs is 2. The maximum atomic E-state index is 14.9. The summed E-state index contributed by atoms with van der Waals surface area (Å²) in [4.78, 5) is 52.6. The van der Waals surface area contributed by atoms with Crippen LogP contribution in [0.5, 0.6) is 5.75 Å². The van der Waals surface area contributed by atoms with Crippen molar-refractivity contribution >= 4 is 50.3 Å². The van der Waals surface area contributed by atoms with Crippen LogP contribution >= 0.6 is 11.3 Å². The van der Waals surface area contributed by atoms with E-state index in [0.29, 0.717) is 42.0 Å². The highest BCUT2D eigenvalue weighted by atomic mass is 32.1. The van der Waals surface area contributed by atoms with Gasteiger partial charge < -0.3 is 19.1 Å². The first-order chi connectivity index (χ1) is 29.5. The summed E-state index contributed by atoms with van der Waals surface area (Å²) in [5.74, 6) is -0.492. The van der Waals surface area contributed by atoms with Crippen molar-refractivity contribution in [2.75, 3.05) is 49.6 Å². The van der Waals surface area contributed by atoms with Crippen molar-refractivity contribution in [2.24, 2.45) is 11.8 Å². The zero-order valence-corrected chi connectivity index (χ0v) is 36.5. The molecule has 1 amide bonds. The Labute approximate surface area is 363 Å². The maximum absolute atomic E-state index is 14.9. The highest BCUT2D eigenvalue weighted by molar-refractivity contribution is 7.22. The van der Waals surface area contributed by atoms with Gasteiger partial charge in [0.2, 0.25) is 0 Å². The van der Waals surface area contributed by atoms with Gasteiger partial charge in [-0.2, -0.15) is 13.2 Å². The summed E-state index contributed by atoms with van der Waals surface area (Å²) in [6.45, 7) is 12.0. The number of anilines is 2. The van der Waals surface area contributed by atoms with Crippen molar-refractivity contribution in [1.29, 1.82) is 0 Å². The molecule has 0 radical (unpaired) electrons. The van der Waals surface area contributed by atoms with Crippen molar-refractivity contribution in [3.05, 3.63) is 101 Å². The smallest absolute Gasteiger partial charge is 0.417 e. The van der Waals surface area contributed by atoms with Gasteiger partial charge in [0.1, 0.15) is 17.2 Å². The molecule has 0 bridgehead atoms. The van der Waals surface area contributed by atoms with Gasteiger partial charge in [-0.25, -0.2) is 14.8 Å². The van der Waals surface area contributed by atoms with E-state index in [1.54, 1.807) is 39.8 Å². The Morgan fingerprint density at radius 2 is 1.69 bits per heavy atom. The molecule has 1 N–H and O–H groups in total. The van der Waals surface area contributed by atoms with Crippen LogP contribution in [0.3, 0.4) is 0 Å². The second-order valence-electron chi connectivity index (χ2n) is 17.0. The molecule has 11 nitrogen and oxygen atoms in total. The van der Waals surface area contributed by atoms with Crippen LogP contribution in [0.4, 0.5) is 24.1 Å². The average Bonchev–Trinajstić information content (AvgIpc) is 3.64. The molecule has 1 saturated heterocycles. The molecule has 328 valence electrons. The molecule has 3 aromatic carbocycles. The summed E-state index contributed by atoms with van der Waals surface area (Å²) < 4.78 is 62.4. The number of alkyl halides is 3. The third-order valence-electron chi connectivity index (χ3n) is 11.1. The molecule has 0 spiro atoms. The zero-order valence-electron chi connectivity index (χ0n) is 35.6. The minimum Gasteiger partial charge on any atom is -0.493 e. The van der Waals surface area contributed by atoms with Crippen LogP contribution in [-0.2, 0) is 33.4 Å². The Balaban J connectivity index is 1.09. The minimum atomic E-state index is -4.79. The summed E-state index contributed by atoms with van der Waals surface area (Å²) in [5, 5.41) is 3.42. The van der Waals surface area contributed by atoms with Gasteiger partial charge >= 0.3 is 18.1 Å². The number of rotatable bonds is 13. The Bertz CT molecular complexity index is 2390. The lowest BCUT2D eigenvalue weighted by Crippen LogP contribution is -2.38. The fraction of sp³-hybridized carbons (Fsp3) is 0.426. The molecule has 0 unspecified atom stereocenters. The Kier molecular flexibility index (Phi) is 13.5. The number of likely N-dealkylation sites (tertiary alicyclic amines) is 1. The second kappa shape index (κ2) is 18.8. The van der Waals surface area contributed by atoms with Gasteiger partial charge in [-0.15, -0.1) is 0 Å². The van der Waals surface area contributed by atoms with Gasteiger partial charge in [-0.05, 0) is 137 Å². The summed E-state index contributed by atoms with van der Waals surface area (Å²) >= 11 is 1.38. The number of hydrogen-bond donors (Lipinski definition) is 1. The molecule has 2 aliphatic heterocycles. The number of hydrogen-bond acceptors (Lipinski definition) is 11. The topological polar surface area (TPSA) is 123 Å². The number of esters is 2. The lowest BCUT2D eigenvalue weighted by Gasteiger charge is -2.32. The third-order valence-corrected chi connectivity index (χ3v) is 12.0. The van der Waals surface area contributed by atoms with E-state index in [-0.39, 0.29) is 60.1 Å². The number of nitrogens with one attached hydrogen (secondary N) is 1. The van der Waals surface area contributed by atoms with Crippen molar-refractivity contribution in [1.82, 2.24) is 14.9 Å². The highest BCUT2D eigenvalue weighted by Crippen LogP contribution is 2.41. The van der Waals surface area contributed by atoms with E-state index in [9.17, 15) is 27.6 Å². The fourth-order valence-corrected chi connectivity index (χ4v) is 8.99. The number of carbonyl (C=O) groups is 3. The second-order valence-corrected chi connectivity index (χ2v) is 18.0. The quantitative estimate of drug-likeness (QED) is 0.114. The molecule has 2 aromatic heterocycles.